The molecular formula is C13H10BrNO5S. The van der Waals surface area contributed by atoms with E-state index < -0.39 is 20.4 Å². The maximum absolute atomic E-state index is 12.6. The number of sulfone groups is 1. The average molecular weight is 372 g/mol. The first-order chi connectivity index (χ1) is 9.87. The molecule has 0 aliphatic heterocycles. The van der Waals surface area contributed by atoms with Crippen molar-refractivity contribution in [1.82, 2.24) is 0 Å². The zero-order chi connectivity index (χ0) is 15.6. The Morgan fingerprint density at radius 2 is 1.76 bits per heavy atom. The van der Waals surface area contributed by atoms with E-state index in [0.29, 0.717) is 5.75 Å². The molecule has 110 valence electrons. The molecule has 0 bridgehead atoms. The maximum atomic E-state index is 12.6. The Hall–Kier alpha value is -1.93. The van der Waals surface area contributed by atoms with Crippen LogP contribution in [0, 0.1) is 10.1 Å². The van der Waals surface area contributed by atoms with Crippen LogP contribution in [0.3, 0.4) is 0 Å². The molecule has 0 saturated carbocycles. The fourth-order valence-electron chi connectivity index (χ4n) is 1.78. The van der Waals surface area contributed by atoms with Crippen LogP contribution in [0.4, 0.5) is 5.69 Å². The molecule has 0 spiro atoms. The number of halogens is 1. The molecule has 0 aliphatic rings. The molecule has 0 atom stereocenters. The topological polar surface area (TPSA) is 86.5 Å². The van der Waals surface area contributed by atoms with Gasteiger partial charge in [-0.3, -0.25) is 10.1 Å². The van der Waals surface area contributed by atoms with E-state index in [0.717, 1.165) is 6.07 Å². The highest BCUT2D eigenvalue weighted by Gasteiger charge is 2.30. The largest absolute Gasteiger partial charge is 0.497 e. The van der Waals surface area contributed by atoms with E-state index in [1.807, 2.05) is 0 Å². The second-order valence-electron chi connectivity index (χ2n) is 4.02. The van der Waals surface area contributed by atoms with Crippen LogP contribution in [0.2, 0.25) is 0 Å². The summed E-state index contributed by atoms with van der Waals surface area (Å²) in [6.45, 7) is 0. The number of rotatable bonds is 4. The zero-order valence-corrected chi connectivity index (χ0v) is 13.2. The van der Waals surface area contributed by atoms with Crippen molar-refractivity contribution in [2.75, 3.05) is 7.11 Å². The van der Waals surface area contributed by atoms with E-state index in [9.17, 15) is 18.5 Å². The van der Waals surface area contributed by atoms with Crippen molar-refractivity contribution in [2.45, 2.75) is 9.79 Å². The number of ether oxygens (including phenoxy) is 1. The van der Waals surface area contributed by atoms with Crippen LogP contribution in [0.15, 0.2) is 56.7 Å². The molecule has 8 heteroatoms. The van der Waals surface area contributed by atoms with Crippen molar-refractivity contribution in [3.05, 3.63) is 57.1 Å². The lowest BCUT2D eigenvalue weighted by Gasteiger charge is -2.08. The van der Waals surface area contributed by atoms with Gasteiger partial charge in [-0.2, -0.15) is 0 Å². The van der Waals surface area contributed by atoms with Gasteiger partial charge in [0.2, 0.25) is 9.84 Å². The van der Waals surface area contributed by atoms with Gasteiger partial charge in [0.15, 0.2) is 4.90 Å². The lowest BCUT2D eigenvalue weighted by molar-refractivity contribution is -0.387. The minimum absolute atomic E-state index is 0.0432. The Kier molecular flexibility index (Phi) is 4.29. The Balaban J connectivity index is 2.66. The molecule has 0 saturated heterocycles. The van der Waals surface area contributed by atoms with Crippen LogP contribution in [0.1, 0.15) is 0 Å². The predicted molar refractivity (Wildman–Crippen MR) is 79.2 cm³/mol. The second kappa shape index (κ2) is 5.82. The summed E-state index contributed by atoms with van der Waals surface area (Å²) in [6, 6.07) is 9.67. The van der Waals surface area contributed by atoms with Gasteiger partial charge in [0.1, 0.15) is 5.75 Å². The number of benzene rings is 2. The Morgan fingerprint density at radius 3 is 2.29 bits per heavy atom. The Labute approximate surface area is 129 Å². The molecule has 0 heterocycles. The third-order valence-electron chi connectivity index (χ3n) is 2.78. The number of nitro groups is 1. The van der Waals surface area contributed by atoms with Crippen LogP contribution in [0.5, 0.6) is 5.75 Å². The molecule has 6 nitrogen and oxygen atoms in total. The molecule has 2 rings (SSSR count). The van der Waals surface area contributed by atoms with Crippen molar-refractivity contribution >= 4 is 31.5 Å². The van der Waals surface area contributed by atoms with E-state index in [1.54, 1.807) is 0 Å². The minimum Gasteiger partial charge on any atom is -0.497 e. The molecule has 0 unspecified atom stereocenters. The highest BCUT2D eigenvalue weighted by atomic mass is 79.9. The predicted octanol–water partition coefficient (Wildman–Crippen LogP) is 3.20. The summed E-state index contributed by atoms with van der Waals surface area (Å²) in [4.78, 5) is 9.93. The number of hydrogen-bond acceptors (Lipinski definition) is 5. The Morgan fingerprint density at radius 1 is 1.14 bits per heavy atom. The first kappa shape index (κ1) is 15.5. The number of methoxy groups -OCH3 is 1. The second-order valence-corrected chi connectivity index (χ2v) is 6.77. The highest BCUT2D eigenvalue weighted by molar-refractivity contribution is 9.10. The van der Waals surface area contributed by atoms with E-state index in [2.05, 4.69) is 15.9 Å². The number of hydrogen-bond donors (Lipinski definition) is 0. The van der Waals surface area contributed by atoms with Gasteiger partial charge < -0.3 is 4.74 Å². The number of nitro benzene ring substituents is 1. The standard InChI is InChI=1S/C13H10BrNO5S/c1-20-9-5-7-10(8-6-9)21(18,19)13-11(14)3-2-4-12(13)15(16)17/h2-8H,1H3. The summed E-state index contributed by atoms with van der Waals surface area (Å²) in [5, 5.41) is 11.1. The fourth-order valence-corrected chi connectivity index (χ4v) is 4.25. The molecule has 21 heavy (non-hydrogen) atoms. The summed E-state index contributed by atoms with van der Waals surface area (Å²) < 4.78 is 30.3. The van der Waals surface area contributed by atoms with Crippen LogP contribution in [-0.2, 0) is 9.84 Å². The average Bonchev–Trinajstić information content (AvgIpc) is 2.46. The highest BCUT2D eigenvalue weighted by Crippen LogP contribution is 2.35. The van der Waals surface area contributed by atoms with Crippen molar-refractivity contribution in [2.24, 2.45) is 0 Å². The summed E-state index contributed by atoms with van der Waals surface area (Å²) in [7, 11) is -2.55. The van der Waals surface area contributed by atoms with E-state index >= 15 is 0 Å². The molecule has 0 aliphatic carbocycles. The van der Waals surface area contributed by atoms with Crippen LogP contribution in [0.25, 0.3) is 0 Å². The van der Waals surface area contributed by atoms with Gasteiger partial charge in [-0.05, 0) is 46.3 Å². The monoisotopic (exact) mass is 371 g/mol. The van der Waals surface area contributed by atoms with Gasteiger partial charge in [-0.15, -0.1) is 0 Å². The lowest BCUT2D eigenvalue weighted by Crippen LogP contribution is -2.06. The van der Waals surface area contributed by atoms with Gasteiger partial charge in [0, 0.05) is 10.5 Å². The zero-order valence-electron chi connectivity index (χ0n) is 10.8. The van der Waals surface area contributed by atoms with Gasteiger partial charge in [0.25, 0.3) is 5.69 Å². The van der Waals surface area contributed by atoms with Gasteiger partial charge in [-0.1, -0.05) is 6.07 Å². The third kappa shape index (κ3) is 2.91. The lowest BCUT2D eigenvalue weighted by atomic mass is 10.3. The molecule has 2 aromatic rings. The van der Waals surface area contributed by atoms with Gasteiger partial charge in [-0.25, -0.2) is 8.42 Å². The summed E-state index contributed by atoms with van der Waals surface area (Å²) >= 11 is 3.07. The Bertz CT molecular complexity index is 787. The van der Waals surface area contributed by atoms with Crippen LogP contribution >= 0.6 is 15.9 Å². The third-order valence-corrected chi connectivity index (χ3v) is 5.56. The molecular weight excluding hydrogens is 362 g/mol. The van der Waals surface area contributed by atoms with Crippen molar-refractivity contribution in [3.63, 3.8) is 0 Å². The summed E-state index contributed by atoms with van der Waals surface area (Å²) in [6.07, 6.45) is 0. The quantitative estimate of drug-likeness (QED) is 0.608. The molecule has 2 aromatic carbocycles. The van der Waals surface area contributed by atoms with Gasteiger partial charge in [0.05, 0.1) is 16.9 Å². The maximum Gasteiger partial charge on any atom is 0.289 e. The smallest absolute Gasteiger partial charge is 0.289 e. The summed E-state index contributed by atoms with van der Waals surface area (Å²) in [5.74, 6) is 0.496. The SMILES string of the molecule is COc1ccc(S(=O)(=O)c2c(Br)cccc2[N+](=O)[O-])cc1. The first-order valence-electron chi connectivity index (χ1n) is 5.70. The van der Waals surface area contributed by atoms with Crippen LogP contribution in [-0.4, -0.2) is 20.5 Å². The van der Waals surface area contributed by atoms with E-state index in [1.165, 1.54) is 43.5 Å². The van der Waals surface area contributed by atoms with E-state index in [4.69, 9.17) is 4.74 Å². The number of nitrogens with zero attached hydrogens (tertiary/aromatic N) is 1. The van der Waals surface area contributed by atoms with Crippen molar-refractivity contribution < 1.29 is 18.1 Å². The summed E-state index contributed by atoms with van der Waals surface area (Å²) in [5.41, 5.74) is -0.472. The molecule has 0 N–H and O–H groups in total. The van der Waals surface area contributed by atoms with E-state index in [-0.39, 0.29) is 14.3 Å². The van der Waals surface area contributed by atoms with Crippen molar-refractivity contribution in [3.8, 4) is 5.75 Å². The first-order valence-corrected chi connectivity index (χ1v) is 7.97. The normalized spacial score (nSPS) is 11.1. The molecule has 0 aromatic heterocycles. The van der Waals surface area contributed by atoms with Gasteiger partial charge >= 0.3 is 0 Å². The van der Waals surface area contributed by atoms with Crippen LogP contribution < -0.4 is 4.74 Å². The molecule has 0 amide bonds. The van der Waals surface area contributed by atoms with Crippen molar-refractivity contribution in [1.29, 1.82) is 0 Å². The fraction of sp³-hybridized carbons (Fsp3) is 0.0769. The molecule has 0 fully saturated rings. The minimum atomic E-state index is -4.01. The molecule has 0 radical (unpaired) electrons.